The van der Waals surface area contributed by atoms with Gasteiger partial charge >= 0.3 is 0 Å². The van der Waals surface area contributed by atoms with Gasteiger partial charge in [0.15, 0.2) is 0 Å². The second kappa shape index (κ2) is 5.35. The van der Waals surface area contributed by atoms with Gasteiger partial charge in [0.2, 0.25) is 10.0 Å². The van der Waals surface area contributed by atoms with Gasteiger partial charge in [-0.15, -0.1) is 0 Å². The molecule has 0 atom stereocenters. The Bertz CT molecular complexity index is 670. The predicted molar refractivity (Wildman–Crippen MR) is 77.4 cm³/mol. The fraction of sp³-hybridized carbons (Fsp3) is 0.429. The highest BCUT2D eigenvalue weighted by Gasteiger charge is 2.17. The summed E-state index contributed by atoms with van der Waals surface area (Å²) < 4.78 is 25.3. The fourth-order valence-corrected chi connectivity index (χ4v) is 3.17. The highest BCUT2D eigenvalue weighted by Crippen LogP contribution is 2.26. The lowest BCUT2D eigenvalue weighted by Crippen LogP contribution is -2.12. The van der Waals surface area contributed by atoms with Crippen molar-refractivity contribution in [1.82, 2.24) is 4.57 Å². The monoisotopic (exact) mass is 280 g/mol. The number of nitrogens with zero attached hydrogens (tertiary/aromatic N) is 1. The van der Waals surface area contributed by atoms with Gasteiger partial charge in [0, 0.05) is 23.6 Å². The smallest absolute Gasteiger partial charge is 0.240 e. The summed E-state index contributed by atoms with van der Waals surface area (Å²) in [6.45, 7) is 5.13. The van der Waals surface area contributed by atoms with Crippen molar-refractivity contribution in [1.29, 1.82) is 0 Å². The van der Waals surface area contributed by atoms with Crippen molar-refractivity contribution in [2.75, 3.05) is 0 Å². The minimum atomic E-state index is -3.68. The van der Waals surface area contributed by atoms with Gasteiger partial charge in [0.25, 0.3) is 0 Å². The van der Waals surface area contributed by atoms with Gasteiger partial charge in [-0.1, -0.05) is 44.9 Å². The highest BCUT2D eigenvalue weighted by atomic mass is 32.2. The SMILES string of the molecule is CCC(CC)Cn1cc(S(N)(=O)=O)c2ccccc21. The lowest BCUT2D eigenvalue weighted by atomic mass is 10.0. The fourth-order valence-electron chi connectivity index (χ4n) is 2.42. The summed E-state index contributed by atoms with van der Waals surface area (Å²) in [5.74, 6) is 0.545. The minimum absolute atomic E-state index is 0.217. The Morgan fingerprint density at radius 3 is 2.42 bits per heavy atom. The molecule has 2 N–H and O–H groups in total. The van der Waals surface area contributed by atoms with Crippen LogP contribution in [0.1, 0.15) is 26.7 Å². The summed E-state index contributed by atoms with van der Waals surface area (Å²) in [6, 6.07) is 7.49. The van der Waals surface area contributed by atoms with Crippen LogP contribution in [0.5, 0.6) is 0 Å². The Morgan fingerprint density at radius 1 is 1.21 bits per heavy atom. The summed E-state index contributed by atoms with van der Waals surface area (Å²) in [4.78, 5) is 0.217. The summed E-state index contributed by atoms with van der Waals surface area (Å²) in [7, 11) is -3.68. The molecule has 0 bridgehead atoms. The third-order valence-corrected chi connectivity index (χ3v) is 4.61. The van der Waals surface area contributed by atoms with Crippen LogP contribution in [0, 0.1) is 5.92 Å². The molecule has 0 aliphatic carbocycles. The normalized spacial score (nSPS) is 12.4. The topological polar surface area (TPSA) is 65.1 Å². The second-order valence-electron chi connectivity index (χ2n) is 4.89. The zero-order valence-electron chi connectivity index (χ0n) is 11.3. The average Bonchev–Trinajstić information content (AvgIpc) is 2.75. The number of hydrogen-bond donors (Lipinski definition) is 1. The Morgan fingerprint density at radius 2 is 1.84 bits per heavy atom. The maximum absolute atomic E-state index is 11.6. The van der Waals surface area contributed by atoms with Gasteiger partial charge in [-0.2, -0.15) is 0 Å². The van der Waals surface area contributed by atoms with E-state index in [0.29, 0.717) is 11.3 Å². The number of rotatable bonds is 5. The van der Waals surface area contributed by atoms with Crippen LogP contribution in [0.4, 0.5) is 0 Å². The van der Waals surface area contributed by atoms with E-state index < -0.39 is 10.0 Å². The van der Waals surface area contributed by atoms with Crippen molar-refractivity contribution < 1.29 is 8.42 Å². The quantitative estimate of drug-likeness (QED) is 0.915. The second-order valence-corrected chi connectivity index (χ2v) is 6.42. The van der Waals surface area contributed by atoms with Crippen molar-refractivity contribution in [2.24, 2.45) is 11.1 Å². The van der Waals surface area contributed by atoms with E-state index in [1.807, 2.05) is 22.8 Å². The van der Waals surface area contributed by atoms with Crippen molar-refractivity contribution in [3.63, 3.8) is 0 Å². The predicted octanol–water partition coefficient (Wildman–Crippen LogP) is 2.72. The van der Waals surface area contributed by atoms with Crippen LogP contribution in [-0.4, -0.2) is 13.0 Å². The zero-order chi connectivity index (χ0) is 14.0. The molecule has 0 radical (unpaired) electrons. The van der Waals surface area contributed by atoms with Crippen LogP contribution < -0.4 is 5.14 Å². The van der Waals surface area contributed by atoms with Gasteiger partial charge < -0.3 is 4.57 Å². The van der Waals surface area contributed by atoms with E-state index in [0.717, 1.165) is 24.9 Å². The molecular formula is C14H20N2O2S. The molecule has 0 unspecified atom stereocenters. The molecule has 4 nitrogen and oxygen atoms in total. The van der Waals surface area contributed by atoms with E-state index in [4.69, 9.17) is 5.14 Å². The first-order chi connectivity index (χ1) is 8.97. The molecule has 0 spiro atoms. The Balaban J connectivity index is 2.57. The number of sulfonamides is 1. The summed E-state index contributed by atoms with van der Waals surface area (Å²) >= 11 is 0. The maximum atomic E-state index is 11.6. The average molecular weight is 280 g/mol. The van der Waals surface area contributed by atoms with Crippen LogP contribution in [-0.2, 0) is 16.6 Å². The van der Waals surface area contributed by atoms with Crippen LogP contribution in [0.3, 0.4) is 0 Å². The Hall–Kier alpha value is -1.33. The molecule has 2 rings (SSSR count). The highest BCUT2D eigenvalue weighted by molar-refractivity contribution is 7.89. The first-order valence-corrected chi connectivity index (χ1v) is 8.12. The summed E-state index contributed by atoms with van der Waals surface area (Å²) in [5, 5.41) is 6.00. The lowest BCUT2D eigenvalue weighted by Gasteiger charge is -2.14. The van der Waals surface area contributed by atoms with E-state index in [1.165, 1.54) is 0 Å². The molecule has 1 aromatic heterocycles. The molecule has 0 aliphatic heterocycles. The van der Waals surface area contributed by atoms with Crippen molar-refractivity contribution >= 4 is 20.9 Å². The molecule has 0 aliphatic rings. The number of nitrogens with two attached hydrogens (primary N) is 1. The Labute approximate surface area is 114 Å². The van der Waals surface area contributed by atoms with Crippen LogP contribution in [0.25, 0.3) is 10.9 Å². The number of para-hydroxylation sites is 1. The molecule has 19 heavy (non-hydrogen) atoms. The molecule has 1 aromatic carbocycles. The molecular weight excluding hydrogens is 260 g/mol. The third kappa shape index (κ3) is 2.82. The summed E-state index contributed by atoms with van der Waals surface area (Å²) in [5.41, 5.74) is 0.929. The number of benzene rings is 1. The van der Waals surface area contributed by atoms with Crippen LogP contribution in [0.2, 0.25) is 0 Å². The lowest BCUT2D eigenvalue weighted by molar-refractivity contribution is 0.424. The number of fused-ring (bicyclic) bond motifs is 1. The number of hydrogen-bond acceptors (Lipinski definition) is 2. The summed E-state index contributed by atoms with van der Waals surface area (Å²) in [6.07, 6.45) is 3.82. The van der Waals surface area contributed by atoms with E-state index in [-0.39, 0.29) is 4.90 Å². The van der Waals surface area contributed by atoms with Crippen LogP contribution >= 0.6 is 0 Å². The number of aromatic nitrogens is 1. The maximum Gasteiger partial charge on any atom is 0.240 e. The largest absolute Gasteiger partial charge is 0.346 e. The van der Waals surface area contributed by atoms with Gasteiger partial charge in [-0.05, 0) is 12.0 Å². The number of primary sulfonamides is 1. The van der Waals surface area contributed by atoms with Gasteiger partial charge in [-0.25, -0.2) is 13.6 Å². The van der Waals surface area contributed by atoms with E-state index in [9.17, 15) is 8.42 Å². The zero-order valence-corrected chi connectivity index (χ0v) is 12.2. The van der Waals surface area contributed by atoms with Gasteiger partial charge in [0.05, 0.1) is 0 Å². The van der Waals surface area contributed by atoms with Gasteiger partial charge in [0.1, 0.15) is 4.90 Å². The molecule has 2 aromatic rings. The Kier molecular flexibility index (Phi) is 3.96. The van der Waals surface area contributed by atoms with E-state index >= 15 is 0 Å². The van der Waals surface area contributed by atoms with E-state index in [1.54, 1.807) is 12.3 Å². The van der Waals surface area contributed by atoms with Crippen molar-refractivity contribution in [3.8, 4) is 0 Å². The first kappa shape index (κ1) is 14.1. The van der Waals surface area contributed by atoms with E-state index in [2.05, 4.69) is 13.8 Å². The van der Waals surface area contributed by atoms with Crippen LogP contribution in [0.15, 0.2) is 35.4 Å². The molecule has 1 heterocycles. The molecule has 0 amide bonds. The van der Waals surface area contributed by atoms with Gasteiger partial charge in [-0.3, -0.25) is 0 Å². The molecule has 104 valence electrons. The molecule has 5 heteroatoms. The first-order valence-electron chi connectivity index (χ1n) is 6.58. The molecule has 0 saturated heterocycles. The molecule has 0 saturated carbocycles. The molecule has 0 fully saturated rings. The minimum Gasteiger partial charge on any atom is -0.346 e. The standard InChI is InChI=1S/C14H20N2O2S/c1-3-11(4-2)9-16-10-14(19(15,17)18)12-7-5-6-8-13(12)16/h5-8,10-11H,3-4,9H2,1-2H3,(H2,15,17,18). The van der Waals surface area contributed by atoms with Crippen molar-refractivity contribution in [2.45, 2.75) is 38.1 Å². The third-order valence-electron chi connectivity index (χ3n) is 3.67. The van der Waals surface area contributed by atoms with Crippen molar-refractivity contribution in [3.05, 3.63) is 30.5 Å².